The third-order valence-electron chi connectivity index (χ3n) is 0.916. The van der Waals surface area contributed by atoms with E-state index < -0.39 is 18.2 Å². The molecule has 0 aromatic rings. The summed E-state index contributed by atoms with van der Waals surface area (Å²) in [5.41, 5.74) is 0. The van der Waals surface area contributed by atoms with E-state index in [2.05, 4.69) is 4.74 Å². The molecule has 4 heteroatoms. The number of hydrogen-bond acceptors (Lipinski definition) is 4. The maximum absolute atomic E-state index is 10.5. The summed E-state index contributed by atoms with van der Waals surface area (Å²) in [4.78, 5) is 10.5. The van der Waals surface area contributed by atoms with Crippen LogP contribution in [-0.2, 0) is 9.53 Å². The molecule has 4 nitrogen and oxygen atoms in total. The van der Waals surface area contributed by atoms with Gasteiger partial charge in [-0.15, -0.1) is 0 Å². The maximum atomic E-state index is 10.5. The van der Waals surface area contributed by atoms with Crippen LogP contribution >= 0.6 is 0 Å². The number of carbonyl (C=O) groups excluding carboxylic acids is 1. The third kappa shape index (κ3) is 3.42. The van der Waals surface area contributed by atoms with Gasteiger partial charge in [-0.3, -0.25) is 0 Å². The molecule has 0 saturated carbocycles. The fourth-order valence-electron chi connectivity index (χ4n) is 0.334. The summed E-state index contributed by atoms with van der Waals surface area (Å²) in [7, 11) is 0. The van der Waals surface area contributed by atoms with Crippen molar-refractivity contribution in [1.82, 2.24) is 0 Å². The molecule has 0 aliphatic rings. The highest BCUT2D eigenvalue weighted by Gasteiger charge is 2.12. The lowest BCUT2D eigenvalue weighted by molar-refractivity contribution is -0.158. The normalized spacial score (nSPS) is 16.0. The van der Waals surface area contributed by atoms with Crippen molar-refractivity contribution in [1.29, 1.82) is 0 Å². The lowest BCUT2D eigenvalue weighted by Gasteiger charge is -2.10. The van der Waals surface area contributed by atoms with E-state index >= 15 is 0 Å². The second kappa shape index (κ2) is 4.24. The fraction of sp³-hybridized carbons (Fsp3) is 0.833. The lowest BCUT2D eigenvalue weighted by Crippen LogP contribution is -2.25. The van der Waals surface area contributed by atoms with Crippen LogP contribution in [0.3, 0.4) is 0 Å². The summed E-state index contributed by atoms with van der Waals surface area (Å²) in [6.07, 6.45) is -1.66. The van der Waals surface area contributed by atoms with Crippen LogP contribution in [0.5, 0.6) is 0 Å². The number of aliphatic hydroxyl groups excluding tert-OH is 2. The van der Waals surface area contributed by atoms with Crippen LogP contribution in [0.25, 0.3) is 0 Å². The highest BCUT2D eigenvalue weighted by Crippen LogP contribution is 1.92. The van der Waals surface area contributed by atoms with Gasteiger partial charge in [0.25, 0.3) is 0 Å². The van der Waals surface area contributed by atoms with Crippen molar-refractivity contribution < 1.29 is 19.7 Å². The Kier molecular flexibility index (Phi) is 3.99. The molecular formula is C6H12O4. The summed E-state index contributed by atoms with van der Waals surface area (Å²) < 4.78 is 4.52. The quantitative estimate of drug-likeness (QED) is 0.519. The van der Waals surface area contributed by atoms with Crippen molar-refractivity contribution in [3.8, 4) is 0 Å². The molecule has 60 valence electrons. The average molecular weight is 148 g/mol. The van der Waals surface area contributed by atoms with Gasteiger partial charge in [0.1, 0.15) is 12.2 Å². The maximum Gasteiger partial charge on any atom is 0.335 e. The summed E-state index contributed by atoms with van der Waals surface area (Å²) >= 11 is 0. The van der Waals surface area contributed by atoms with Gasteiger partial charge in [-0.25, -0.2) is 4.79 Å². The SMILES string of the molecule is CC(CO)OC(=O)C(C)O. The van der Waals surface area contributed by atoms with Crippen LogP contribution < -0.4 is 0 Å². The van der Waals surface area contributed by atoms with Gasteiger partial charge in [0.2, 0.25) is 0 Å². The van der Waals surface area contributed by atoms with Gasteiger partial charge in [-0.2, -0.15) is 0 Å². The van der Waals surface area contributed by atoms with E-state index in [0.29, 0.717) is 0 Å². The Morgan fingerprint density at radius 2 is 2.10 bits per heavy atom. The molecule has 0 rings (SSSR count). The van der Waals surface area contributed by atoms with Crippen molar-refractivity contribution >= 4 is 5.97 Å². The minimum Gasteiger partial charge on any atom is -0.458 e. The molecule has 0 bridgehead atoms. The minimum absolute atomic E-state index is 0.224. The van der Waals surface area contributed by atoms with E-state index in [1.165, 1.54) is 6.92 Å². The first-order chi connectivity index (χ1) is 4.57. The molecule has 0 saturated heterocycles. The van der Waals surface area contributed by atoms with E-state index in [1.54, 1.807) is 6.92 Å². The van der Waals surface area contributed by atoms with Crippen LogP contribution in [0, 0.1) is 0 Å². The first kappa shape index (κ1) is 9.39. The molecular weight excluding hydrogens is 136 g/mol. The van der Waals surface area contributed by atoms with Gasteiger partial charge in [-0.05, 0) is 13.8 Å². The van der Waals surface area contributed by atoms with Crippen LogP contribution in [0.4, 0.5) is 0 Å². The number of carbonyl (C=O) groups is 1. The Hall–Kier alpha value is -0.610. The predicted octanol–water partition coefficient (Wildman–Crippen LogP) is -0.709. The molecule has 0 aromatic heterocycles. The molecule has 2 atom stereocenters. The van der Waals surface area contributed by atoms with Gasteiger partial charge < -0.3 is 14.9 Å². The second-order valence-electron chi connectivity index (χ2n) is 2.11. The Labute approximate surface area is 59.4 Å². The van der Waals surface area contributed by atoms with E-state index in [9.17, 15) is 4.79 Å². The van der Waals surface area contributed by atoms with E-state index in [-0.39, 0.29) is 6.61 Å². The highest BCUT2D eigenvalue weighted by molar-refractivity contribution is 5.73. The van der Waals surface area contributed by atoms with Crippen molar-refractivity contribution in [2.45, 2.75) is 26.1 Å². The summed E-state index contributed by atoms with van der Waals surface area (Å²) in [5.74, 6) is -0.707. The smallest absolute Gasteiger partial charge is 0.335 e. The fourth-order valence-corrected chi connectivity index (χ4v) is 0.334. The first-order valence-corrected chi connectivity index (χ1v) is 3.07. The summed E-state index contributed by atoms with van der Waals surface area (Å²) in [6.45, 7) is 2.63. The minimum atomic E-state index is -1.12. The van der Waals surface area contributed by atoms with Crippen molar-refractivity contribution in [3.63, 3.8) is 0 Å². The Morgan fingerprint density at radius 3 is 2.40 bits per heavy atom. The Balaban J connectivity index is 3.57. The molecule has 2 N–H and O–H groups in total. The topological polar surface area (TPSA) is 66.8 Å². The van der Waals surface area contributed by atoms with Gasteiger partial charge in [0.05, 0.1) is 6.61 Å². The average Bonchev–Trinajstić information content (AvgIpc) is 1.87. The van der Waals surface area contributed by atoms with Crippen LogP contribution in [0.2, 0.25) is 0 Å². The monoisotopic (exact) mass is 148 g/mol. The molecule has 0 fully saturated rings. The zero-order valence-corrected chi connectivity index (χ0v) is 6.07. The molecule has 2 unspecified atom stereocenters. The van der Waals surface area contributed by atoms with Crippen LogP contribution in [0.15, 0.2) is 0 Å². The Morgan fingerprint density at radius 1 is 1.60 bits per heavy atom. The molecule has 0 heterocycles. The number of ether oxygens (including phenoxy) is 1. The Bertz CT molecular complexity index is 110. The number of aliphatic hydroxyl groups is 2. The third-order valence-corrected chi connectivity index (χ3v) is 0.916. The molecule has 0 aliphatic heterocycles. The molecule has 0 aliphatic carbocycles. The molecule has 10 heavy (non-hydrogen) atoms. The molecule has 0 radical (unpaired) electrons. The van der Waals surface area contributed by atoms with Gasteiger partial charge >= 0.3 is 5.97 Å². The van der Waals surface area contributed by atoms with Gasteiger partial charge in [-0.1, -0.05) is 0 Å². The first-order valence-electron chi connectivity index (χ1n) is 3.07. The van der Waals surface area contributed by atoms with E-state index in [1.807, 2.05) is 0 Å². The second-order valence-corrected chi connectivity index (χ2v) is 2.11. The van der Waals surface area contributed by atoms with Crippen molar-refractivity contribution in [2.75, 3.05) is 6.61 Å². The summed E-state index contributed by atoms with van der Waals surface area (Å²) in [6, 6.07) is 0. The highest BCUT2D eigenvalue weighted by atomic mass is 16.6. The largest absolute Gasteiger partial charge is 0.458 e. The van der Waals surface area contributed by atoms with Crippen LogP contribution in [-0.4, -0.2) is 35.0 Å². The predicted molar refractivity (Wildman–Crippen MR) is 34.3 cm³/mol. The summed E-state index contributed by atoms with van der Waals surface area (Å²) in [5, 5.41) is 17.0. The number of esters is 1. The van der Waals surface area contributed by atoms with E-state index in [4.69, 9.17) is 10.2 Å². The van der Waals surface area contributed by atoms with Crippen molar-refractivity contribution in [2.24, 2.45) is 0 Å². The van der Waals surface area contributed by atoms with Crippen molar-refractivity contribution in [3.05, 3.63) is 0 Å². The zero-order chi connectivity index (χ0) is 8.15. The number of hydrogen-bond donors (Lipinski definition) is 2. The molecule has 0 aromatic carbocycles. The standard InChI is InChI=1S/C6H12O4/c1-4(3-7)10-6(9)5(2)8/h4-5,7-8H,3H2,1-2H3. The van der Waals surface area contributed by atoms with E-state index in [0.717, 1.165) is 0 Å². The lowest BCUT2D eigenvalue weighted by atomic mass is 10.4. The van der Waals surface area contributed by atoms with Gasteiger partial charge in [0.15, 0.2) is 0 Å². The van der Waals surface area contributed by atoms with Gasteiger partial charge in [0, 0.05) is 0 Å². The molecule has 0 spiro atoms. The number of rotatable bonds is 3. The molecule has 0 amide bonds. The zero-order valence-electron chi connectivity index (χ0n) is 6.07. The van der Waals surface area contributed by atoms with Crippen LogP contribution in [0.1, 0.15) is 13.8 Å².